The minimum atomic E-state index is -4.44. The van der Waals surface area contributed by atoms with Gasteiger partial charge in [0.2, 0.25) is 0 Å². The van der Waals surface area contributed by atoms with Crippen molar-refractivity contribution in [1.29, 1.82) is 0 Å². The Hall–Kier alpha value is -1.52. The third-order valence-electron chi connectivity index (χ3n) is 2.29. The Morgan fingerprint density at radius 2 is 1.72 bits per heavy atom. The average molecular weight is 260 g/mol. The highest BCUT2D eigenvalue weighted by Crippen LogP contribution is 2.32. The molecule has 0 fully saturated rings. The Labute approximate surface area is 104 Å². The molecule has 0 aromatic heterocycles. The molecule has 0 amide bonds. The van der Waals surface area contributed by atoms with Gasteiger partial charge in [-0.25, -0.2) is 0 Å². The largest absolute Gasteiger partial charge is 0.460 e. The molecular formula is C13H15F3O2. The molecule has 0 aliphatic heterocycles. The van der Waals surface area contributed by atoms with E-state index in [1.54, 1.807) is 20.8 Å². The van der Waals surface area contributed by atoms with Crippen molar-refractivity contribution in [3.05, 3.63) is 35.4 Å². The number of rotatable bonds is 2. The minimum absolute atomic E-state index is 0.0393. The van der Waals surface area contributed by atoms with Crippen LogP contribution < -0.4 is 0 Å². The van der Waals surface area contributed by atoms with E-state index in [9.17, 15) is 18.0 Å². The Morgan fingerprint density at radius 1 is 1.17 bits per heavy atom. The Balaban J connectivity index is 2.84. The number of ether oxygens (including phenoxy) is 1. The highest BCUT2D eigenvalue weighted by Gasteiger charge is 2.33. The molecule has 0 saturated heterocycles. The molecular weight excluding hydrogens is 245 g/mol. The quantitative estimate of drug-likeness (QED) is 0.756. The molecule has 0 spiro atoms. The molecule has 1 aromatic carbocycles. The van der Waals surface area contributed by atoms with E-state index in [0.717, 1.165) is 6.07 Å². The molecule has 18 heavy (non-hydrogen) atoms. The Kier molecular flexibility index (Phi) is 4.04. The second-order valence-electron chi connectivity index (χ2n) is 4.98. The van der Waals surface area contributed by atoms with Crippen LogP contribution in [0.4, 0.5) is 13.2 Å². The van der Waals surface area contributed by atoms with Gasteiger partial charge in [0.05, 0.1) is 11.0 Å². The molecule has 0 radical (unpaired) electrons. The van der Waals surface area contributed by atoms with Gasteiger partial charge in [-0.2, -0.15) is 13.2 Å². The fourth-order valence-electron chi connectivity index (χ4n) is 1.28. The normalized spacial score (nSPS) is 12.3. The van der Waals surface area contributed by atoms with Crippen LogP contribution in [0.3, 0.4) is 0 Å². The SMILES string of the molecule is CC(C)(C)C(=O)OCc1ccccc1C(F)(F)F. The maximum Gasteiger partial charge on any atom is 0.416 e. The number of hydrogen-bond donors (Lipinski definition) is 0. The molecule has 0 aliphatic carbocycles. The van der Waals surface area contributed by atoms with Gasteiger partial charge < -0.3 is 4.74 Å². The summed E-state index contributed by atoms with van der Waals surface area (Å²) in [6, 6.07) is 5.06. The maximum absolute atomic E-state index is 12.7. The van der Waals surface area contributed by atoms with Gasteiger partial charge in [-0.05, 0) is 26.8 Å². The first-order chi connectivity index (χ1) is 8.12. The Bertz CT molecular complexity index is 431. The predicted molar refractivity (Wildman–Crippen MR) is 60.7 cm³/mol. The maximum atomic E-state index is 12.7. The van der Waals surface area contributed by atoms with Crippen molar-refractivity contribution in [3.63, 3.8) is 0 Å². The molecule has 1 rings (SSSR count). The third-order valence-corrected chi connectivity index (χ3v) is 2.29. The molecule has 0 bridgehead atoms. The van der Waals surface area contributed by atoms with Crippen molar-refractivity contribution in [2.45, 2.75) is 33.6 Å². The van der Waals surface area contributed by atoms with E-state index in [2.05, 4.69) is 0 Å². The first-order valence-corrected chi connectivity index (χ1v) is 5.44. The second kappa shape index (κ2) is 5.00. The predicted octanol–water partition coefficient (Wildman–Crippen LogP) is 3.79. The number of alkyl halides is 3. The molecule has 0 heterocycles. The van der Waals surface area contributed by atoms with Crippen molar-refractivity contribution >= 4 is 5.97 Å². The average Bonchev–Trinajstić information content (AvgIpc) is 2.23. The van der Waals surface area contributed by atoms with Crippen LogP contribution in [0.25, 0.3) is 0 Å². The van der Waals surface area contributed by atoms with E-state index in [-0.39, 0.29) is 12.2 Å². The highest BCUT2D eigenvalue weighted by molar-refractivity contribution is 5.75. The van der Waals surface area contributed by atoms with E-state index in [1.165, 1.54) is 18.2 Å². The molecule has 0 aliphatic rings. The van der Waals surface area contributed by atoms with Crippen LogP contribution in [-0.2, 0) is 22.3 Å². The summed E-state index contributed by atoms with van der Waals surface area (Å²) in [5.41, 5.74) is -1.54. The van der Waals surface area contributed by atoms with E-state index < -0.39 is 23.1 Å². The van der Waals surface area contributed by atoms with E-state index >= 15 is 0 Å². The van der Waals surface area contributed by atoms with Gasteiger partial charge in [0, 0.05) is 5.56 Å². The summed E-state index contributed by atoms with van der Waals surface area (Å²) in [7, 11) is 0. The monoisotopic (exact) mass is 260 g/mol. The summed E-state index contributed by atoms with van der Waals surface area (Å²) in [6.45, 7) is 4.56. The van der Waals surface area contributed by atoms with Crippen LogP contribution in [0, 0.1) is 5.41 Å². The van der Waals surface area contributed by atoms with E-state index in [1.807, 2.05) is 0 Å². The zero-order chi connectivity index (χ0) is 14.0. The molecule has 1 aromatic rings. The van der Waals surface area contributed by atoms with Crippen LogP contribution in [0.1, 0.15) is 31.9 Å². The first kappa shape index (κ1) is 14.5. The van der Waals surface area contributed by atoms with E-state index in [0.29, 0.717) is 0 Å². The molecule has 2 nitrogen and oxygen atoms in total. The second-order valence-corrected chi connectivity index (χ2v) is 4.98. The van der Waals surface area contributed by atoms with Crippen molar-refractivity contribution in [1.82, 2.24) is 0 Å². The zero-order valence-corrected chi connectivity index (χ0v) is 10.5. The number of hydrogen-bond acceptors (Lipinski definition) is 2. The van der Waals surface area contributed by atoms with Crippen LogP contribution in [0.5, 0.6) is 0 Å². The van der Waals surface area contributed by atoms with Gasteiger partial charge in [-0.1, -0.05) is 18.2 Å². The smallest absolute Gasteiger partial charge is 0.416 e. The van der Waals surface area contributed by atoms with Crippen LogP contribution in [-0.4, -0.2) is 5.97 Å². The van der Waals surface area contributed by atoms with Gasteiger partial charge in [0.15, 0.2) is 0 Å². The van der Waals surface area contributed by atoms with Crippen molar-refractivity contribution in [2.75, 3.05) is 0 Å². The summed E-state index contributed by atoms with van der Waals surface area (Å²) in [4.78, 5) is 11.5. The molecule has 0 atom stereocenters. The van der Waals surface area contributed by atoms with Crippen LogP contribution in [0.15, 0.2) is 24.3 Å². The van der Waals surface area contributed by atoms with Crippen LogP contribution >= 0.6 is 0 Å². The lowest BCUT2D eigenvalue weighted by Crippen LogP contribution is -2.23. The van der Waals surface area contributed by atoms with Crippen molar-refractivity contribution in [3.8, 4) is 0 Å². The lowest BCUT2D eigenvalue weighted by atomic mass is 9.97. The van der Waals surface area contributed by atoms with Gasteiger partial charge >= 0.3 is 12.1 Å². The summed E-state index contributed by atoms with van der Waals surface area (Å²) in [6.07, 6.45) is -4.44. The standard InChI is InChI=1S/C13H15F3O2/c1-12(2,3)11(17)18-8-9-6-4-5-7-10(9)13(14,15)16/h4-7H,8H2,1-3H3. The number of halogens is 3. The molecule has 0 saturated carbocycles. The highest BCUT2D eigenvalue weighted by atomic mass is 19.4. The summed E-state index contributed by atoms with van der Waals surface area (Å²) in [5.74, 6) is -0.528. The summed E-state index contributed by atoms with van der Waals surface area (Å²) in [5, 5.41) is 0. The van der Waals surface area contributed by atoms with E-state index in [4.69, 9.17) is 4.74 Å². The number of carbonyl (C=O) groups is 1. The van der Waals surface area contributed by atoms with Crippen molar-refractivity contribution < 1.29 is 22.7 Å². The lowest BCUT2D eigenvalue weighted by Gasteiger charge is -2.18. The zero-order valence-electron chi connectivity index (χ0n) is 10.5. The molecule has 0 unspecified atom stereocenters. The molecule has 5 heteroatoms. The van der Waals surface area contributed by atoms with Crippen molar-refractivity contribution in [2.24, 2.45) is 5.41 Å². The van der Waals surface area contributed by atoms with Gasteiger partial charge in [0.25, 0.3) is 0 Å². The van der Waals surface area contributed by atoms with Gasteiger partial charge in [0.1, 0.15) is 6.61 Å². The number of benzene rings is 1. The third kappa shape index (κ3) is 3.75. The van der Waals surface area contributed by atoms with Gasteiger partial charge in [-0.15, -0.1) is 0 Å². The number of esters is 1. The molecule has 100 valence electrons. The minimum Gasteiger partial charge on any atom is -0.460 e. The summed E-state index contributed by atoms with van der Waals surface area (Å²) < 4.78 is 42.9. The first-order valence-electron chi connectivity index (χ1n) is 5.44. The fraction of sp³-hybridized carbons (Fsp3) is 0.462. The van der Waals surface area contributed by atoms with Gasteiger partial charge in [-0.3, -0.25) is 4.79 Å². The fourth-order valence-corrected chi connectivity index (χ4v) is 1.28. The topological polar surface area (TPSA) is 26.3 Å². The van der Waals surface area contributed by atoms with Crippen LogP contribution in [0.2, 0.25) is 0 Å². The Morgan fingerprint density at radius 3 is 2.22 bits per heavy atom. The summed E-state index contributed by atoms with van der Waals surface area (Å²) >= 11 is 0. The number of carbonyl (C=O) groups excluding carboxylic acids is 1. The lowest BCUT2D eigenvalue weighted by molar-refractivity contribution is -0.155. The molecule has 0 N–H and O–H groups in total.